The van der Waals surface area contributed by atoms with E-state index in [9.17, 15) is 13.2 Å². The number of piperidine rings is 1. The third kappa shape index (κ3) is 3.82. The maximum absolute atomic E-state index is 13.4. The molecule has 0 aliphatic carbocycles. The zero-order chi connectivity index (χ0) is 21.3. The first-order valence-electron chi connectivity index (χ1n) is 9.78. The molecule has 1 aromatic heterocycles. The quantitative estimate of drug-likeness (QED) is 0.673. The first-order valence-corrected chi connectivity index (χ1v) is 11.3. The molecular weight excluding hydrogens is 402 g/mol. The van der Waals surface area contributed by atoms with Crippen molar-refractivity contribution in [1.82, 2.24) is 4.98 Å². The Balaban J connectivity index is 1.79. The van der Waals surface area contributed by atoms with E-state index in [0.717, 1.165) is 5.56 Å². The smallest absolute Gasteiger partial charge is 0.236 e. The van der Waals surface area contributed by atoms with Crippen molar-refractivity contribution in [3.05, 3.63) is 60.2 Å². The predicted octanol–water partition coefficient (Wildman–Crippen LogP) is 3.18. The van der Waals surface area contributed by atoms with Crippen LogP contribution in [0.1, 0.15) is 18.4 Å². The molecule has 0 bridgehead atoms. The van der Waals surface area contributed by atoms with Crippen LogP contribution < -0.4 is 10.6 Å². The third-order valence-electron chi connectivity index (χ3n) is 5.34. The van der Waals surface area contributed by atoms with Crippen LogP contribution in [0.5, 0.6) is 0 Å². The molecule has 2 aromatic carbocycles. The number of carbonyl (C=O) groups excluding carboxylic acids is 1. The van der Waals surface area contributed by atoms with Crippen molar-refractivity contribution >= 4 is 21.6 Å². The maximum atomic E-state index is 13.4. The highest BCUT2D eigenvalue weighted by Crippen LogP contribution is 2.36. The van der Waals surface area contributed by atoms with Gasteiger partial charge in [-0.3, -0.25) is 4.79 Å². The molecule has 0 spiro atoms. The molecule has 7 nitrogen and oxygen atoms in total. The minimum absolute atomic E-state index is 0.109. The summed E-state index contributed by atoms with van der Waals surface area (Å²) < 4.78 is 32.7. The first kappa shape index (κ1) is 20.2. The zero-order valence-corrected chi connectivity index (χ0v) is 17.4. The summed E-state index contributed by atoms with van der Waals surface area (Å²) in [5.74, 6) is -0.0853. The number of amides is 1. The van der Waals surface area contributed by atoms with E-state index in [1.54, 1.807) is 30.3 Å². The number of benzene rings is 2. The summed E-state index contributed by atoms with van der Waals surface area (Å²) in [5.41, 5.74) is 7.15. The van der Waals surface area contributed by atoms with Gasteiger partial charge in [-0.1, -0.05) is 35.9 Å². The lowest BCUT2D eigenvalue weighted by Gasteiger charge is -2.30. The van der Waals surface area contributed by atoms with Crippen molar-refractivity contribution in [3.8, 4) is 11.5 Å². The zero-order valence-electron chi connectivity index (χ0n) is 16.6. The molecule has 2 heterocycles. The SMILES string of the molecule is Cc1cccc(-c2nc(S(=O)(=O)c3ccccc3)c(N3CCC(C(N)=O)CC3)o2)c1. The Kier molecular flexibility index (Phi) is 5.34. The number of hydrogen-bond acceptors (Lipinski definition) is 6. The molecule has 30 heavy (non-hydrogen) atoms. The molecule has 1 aliphatic heterocycles. The van der Waals surface area contributed by atoms with E-state index >= 15 is 0 Å². The van der Waals surface area contributed by atoms with Crippen molar-refractivity contribution in [2.45, 2.75) is 29.7 Å². The fourth-order valence-corrected chi connectivity index (χ4v) is 5.00. The van der Waals surface area contributed by atoms with Crippen LogP contribution in [0, 0.1) is 12.8 Å². The van der Waals surface area contributed by atoms with E-state index in [0.29, 0.717) is 31.5 Å². The molecule has 1 amide bonds. The molecule has 0 saturated carbocycles. The van der Waals surface area contributed by atoms with Crippen molar-refractivity contribution in [3.63, 3.8) is 0 Å². The van der Waals surface area contributed by atoms with E-state index in [-0.39, 0.29) is 33.5 Å². The number of nitrogens with two attached hydrogens (primary N) is 1. The number of aromatic nitrogens is 1. The minimum Gasteiger partial charge on any atom is -0.419 e. The van der Waals surface area contributed by atoms with Gasteiger partial charge < -0.3 is 15.1 Å². The van der Waals surface area contributed by atoms with Gasteiger partial charge in [-0.15, -0.1) is 0 Å². The fourth-order valence-electron chi connectivity index (χ4n) is 3.65. The van der Waals surface area contributed by atoms with E-state index in [1.165, 1.54) is 0 Å². The van der Waals surface area contributed by atoms with E-state index in [2.05, 4.69) is 4.98 Å². The predicted molar refractivity (Wildman–Crippen MR) is 113 cm³/mol. The van der Waals surface area contributed by atoms with Crippen molar-refractivity contribution < 1.29 is 17.6 Å². The van der Waals surface area contributed by atoms with Crippen molar-refractivity contribution in [2.75, 3.05) is 18.0 Å². The van der Waals surface area contributed by atoms with Gasteiger partial charge in [-0.2, -0.15) is 4.98 Å². The highest BCUT2D eigenvalue weighted by molar-refractivity contribution is 7.91. The number of hydrogen-bond donors (Lipinski definition) is 1. The van der Waals surface area contributed by atoms with Gasteiger partial charge in [0.1, 0.15) is 0 Å². The van der Waals surface area contributed by atoms with Crippen LogP contribution in [0.4, 0.5) is 5.88 Å². The average Bonchev–Trinajstić information content (AvgIpc) is 3.21. The Morgan fingerprint density at radius 1 is 1.10 bits per heavy atom. The normalized spacial score (nSPS) is 15.3. The van der Waals surface area contributed by atoms with Gasteiger partial charge >= 0.3 is 0 Å². The molecular formula is C22H23N3O4S. The average molecular weight is 426 g/mol. The molecule has 1 saturated heterocycles. The minimum atomic E-state index is -3.88. The molecule has 1 aliphatic rings. The highest BCUT2D eigenvalue weighted by Gasteiger charge is 2.33. The summed E-state index contributed by atoms with van der Waals surface area (Å²) in [4.78, 5) is 17.9. The summed E-state index contributed by atoms with van der Waals surface area (Å²) in [6.45, 7) is 2.88. The Labute approximate surface area is 175 Å². The largest absolute Gasteiger partial charge is 0.419 e. The van der Waals surface area contributed by atoms with Crippen molar-refractivity contribution in [2.24, 2.45) is 11.7 Å². The van der Waals surface area contributed by atoms with Gasteiger partial charge in [0.05, 0.1) is 4.90 Å². The third-order valence-corrected chi connectivity index (χ3v) is 7.00. The topological polar surface area (TPSA) is 107 Å². The lowest BCUT2D eigenvalue weighted by Crippen LogP contribution is -2.38. The molecule has 2 N–H and O–H groups in total. The van der Waals surface area contributed by atoms with Crippen LogP contribution in [-0.2, 0) is 14.6 Å². The van der Waals surface area contributed by atoms with E-state index < -0.39 is 9.84 Å². The van der Waals surface area contributed by atoms with Crippen LogP contribution >= 0.6 is 0 Å². The van der Waals surface area contributed by atoms with Gasteiger partial charge in [0.25, 0.3) is 0 Å². The Hall–Kier alpha value is -3.13. The standard InChI is InChI=1S/C22H23N3O4S/c1-15-6-5-7-17(14-15)20-24-21(30(27,28)18-8-3-2-4-9-18)22(29-20)25-12-10-16(11-13-25)19(23)26/h2-9,14,16H,10-13H2,1H3,(H2,23,26). The number of sulfone groups is 1. The van der Waals surface area contributed by atoms with Crippen LogP contribution in [0.3, 0.4) is 0 Å². The number of aryl methyl sites for hydroxylation is 1. The molecule has 0 atom stereocenters. The highest BCUT2D eigenvalue weighted by atomic mass is 32.2. The number of anilines is 1. The second kappa shape index (κ2) is 7.95. The summed E-state index contributed by atoms with van der Waals surface area (Å²) >= 11 is 0. The van der Waals surface area contributed by atoms with E-state index in [1.807, 2.05) is 36.1 Å². The van der Waals surface area contributed by atoms with Crippen LogP contribution in [-0.4, -0.2) is 32.4 Å². The number of oxazole rings is 1. The Morgan fingerprint density at radius 2 is 1.80 bits per heavy atom. The molecule has 1 fully saturated rings. The molecule has 0 radical (unpaired) electrons. The van der Waals surface area contributed by atoms with Gasteiger partial charge in [0.15, 0.2) is 0 Å². The summed E-state index contributed by atoms with van der Waals surface area (Å²) in [6.07, 6.45) is 1.08. The van der Waals surface area contributed by atoms with Crippen LogP contribution in [0.2, 0.25) is 0 Å². The van der Waals surface area contributed by atoms with Crippen LogP contribution in [0.25, 0.3) is 11.5 Å². The van der Waals surface area contributed by atoms with Gasteiger partial charge in [-0.05, 0) is 44.0 Å². The maximum Gasteiger partial charge on any atom is 0.236 e. The number of nitrogens with zero attached hydrogens (tertiary/aromatic N) is 2. The second-order valence-corrected chi connectivity index (χ2v) is 9.34. The lowest BCUT2D eigenvalue weighted by molar-refractivity contribution is -0.122. The summed E-state index contributed by atoms with van der Waals surface area (Å²) in [6, 6.07) is 15.7. The number of carbonyl (C=O) groups is 1. The molecule has 4 rings (SSSR count). The van der Waals surface area contributed by atoms with Gasteiger partial charge in [0, 0.05) is 24.6 Å². The summed E-state index contributed by atoms with van der Waals surface area (Å²) in [5, 5.41) is -0.109. The van der Waals surface area contributed by atoms with Crippen molar-refractivity contribution in [1.29, 1.82) is 0 Å². The van der Waals surface area contributed by atoms with Crippen LogP contribution in [0.15, 0.2) is 68.9 Å². The van der Waals surface area contributed by atoms with Gasteiger partial charge in [-0.25, -0.2) is 8.42 Å². The Morgan fingerprint density at radius 3 is 2.43 bits per heavy atom. The Bertz CT molecular complexity index is 1160. The molecule has 8 heteroatoms. The molecule has 0 unspecified atom stereocenters. The fraction of sp³-hybridized carbons (Fsp3) is 0.273. The molecule has 156 valence electrons. The van der Waals surface area contributed by atoms with E-state index in [4.69, 9.17) is 10.2 Å². The summed E-state index contributed by atoms with van der Waals surface area (Å²) in [7, 11) is -3.88. The van der Waals surface area contributed by atoms with Gasteiger partial charge in [0.2, 0.25) is 32.5 Å². The molecule has 3 aromatic rings. The first-order chi connectivity index (χ1) is 14.4. The monoisotopic (exact) mass is 425 g/mol. The lowest BCUT2D eigenvalue weighted by atomic mass is 9.96. The number of rotatable bonds is 5. The number of primary amides is 1. The second-order valence-electron chi connectivity index (χ2n) is 7.48.